The predicted octanol–water partition coefficient (Wildman–Crippen LogP) is 5.77. The molecule has 6 heteroatoms. The molecule has 0 atom stereocenters. The Hall–Kier alpha value is -2.34. The van der Waals surface area contributed by atoms with Gasteiger partial charge in [0.15, 0.2) is 0 Å². The molecule has 0 aliphatic carbocycles. The lowest BCUT2D eigenvalue weighted by molar-refractivity contribution is -0.142. The van der Waals surface area contributed by atoms with Gasteiger partial charge in [0.25, 0.3) is 0 Å². The Morgan fingerprint density at radius 2 is 1.83 bits per heavy atom. The van der Waals surface area contributed by atoms with E-state index in [1.54, 1.807) is 6.07 Å². The minimum Gasteiger partial charge on any atom is -0.455 e. The number of hydrogen-bond acceptors (Lipinski definition) is 4. The number of esters is 2. The Morgan fingerprint density at radius 1 is 1.21 bits per heavy atom. The molecular weight excluding hydrogens is 434 g/mol. The minimum atomic E-state index is -0.599. The van der Waals surface area contributed by atoms with Crippen molar-refractivity contribution in [3.05, 3.63) is 63.1 Å². The van der Waals surface area contributed by atoms with Crippen LogP contribution in [0.15, 0.2) is 40.6 Å². The van der Waals surface area contributed by atoms with Gasteiger partial charge >= 0.3 is 11.9 Å². The van der Waals surface area contributed by atoms with Crippen LogP contribution in [0.1, 0.15) is 68.3 Å². The zero-order valence-electron chi connectivity index (χ0n) is 17.6. The largest absolute Gasteiger partial charge is 0.455 e. The van der Waals surface area contributed by atoms with Crippen LogP contribution in [0.5, 0.6) is 0 Å². The fourth-order valence-electron chi connectivity index (χ4n) is 3.12. The van der Waals surface area contributed by atoms with E-state index in [1.165, 1.54) is 0 Å². The third kappa shape index (κ3) is 4.64. The molecule has 3 rings (SSSR count). The summed E-state index contributed by atoms with van der Waals surface area (Å²) in [7, 11) is 0. The van der Waals surface area contributed by atoms with Gasteiger partial charge < -0.3 is 14.5 Å². The first-order valence-corrected chi connectivity index (χ1v) is 10.3. The molecule has 1 fully saturated rings. The maximum Gasteiger partial charge on any atom is 0.355 e. The van der Waals surface area contributed by atoms with Gasteiger partial charge in [-0.05, 0) is 69.1 Å². The van der Waals surface area contributed by atoms with Crippen molar-refractivity contribution in [2.45, 2.75) is 53.6 Å². The lowest BCUT2D eigenvalue weighted by Gasteiger charge is -2.18. The van der Waals surface area contributed by atoms with Crippen LogP contribution in [-0.4, -0.2) is 22.5 Å². The Kier molecular flexibility index (Phi) is 5.52. The Bertz CT molecular complexity index is 991. The van der Waals surface area contributed by atoms with Gasteiger partial charge in [0.05, 0.1) is 11.1 Å². The second-order valence-corrected chi connectivity index (χ2v) is 9.88. The first kappa shape index (κ1) is 21.4. The molecule has 154 valence electrons. The molecule has 0 unspecified atom stereocenters. The zero-order valence-corrected chi connectivity index (χ0v) is 19.2. The summed E-state index contributed by atoms with van der Waals surface area (Å²) in [6, 6.07) is 9.67. The minimum absolute atomic E-state index is 0.257. The maximum absolute atomic E-state index is 12.5. The van der Waals surface area contributed by atoms with Crippen molar-refractivity contribution < 1.29 is 19.1 Å². The summed E-state index contributed by atoms with van der Waals surface area (Å²) in [6.45, 7) is 11.2. The number of carbonyl (C=O) groups is 2. The van der Waals surface area contributed by atoms with E-state index in [-0.39, 0.29) is 5.97 Å². The molecule has 2 aromatic rings. The third-order valence-corrected chi connectivity index (χ3v) is 5.25. The van der Waals surface area contributed by atoms with E-state index in [2.05, 4.69) is 20.9 Å². The summed E-state index contributed by atoms with van der Waals surface area (Å²) in [5, 5.41) is 0. The number of carbonyl (C=O) groups excluding carboxylic acids is 2. The number of benzene rings is 1. The molecular formula is C23H26BrNO4. The van der Waals surface area contributed by atoms with Crippen molar-refractivity contribution >= 4 is 33.4 Å². The number of halogens is 1. The van der Waals surface area contributed by atoms with Crippen molar-refractivity contribution in [3.63, 3.8) is 0 Å². The first-order valence-electron chi connectivity index (χ1n) is 9.52. The molecule has 0 radical (unpaired) electrons. The molecule has 0 spiro atoms. The number of H-pyrrole nitrogens is 1. The van der Waals surface area contributed by atoms with E-state index in [0.29, 0.717) is 28.0 Å². The molecule has 0 bridgehead atoms. The average molecular weight is 460 g/mol. The molecule has 1 saturated heterocycles. The van der Waals surface area contributed by atoms with Crippen molar-refractivity contribution in [1.29, 1.82) is 0 Å². The van der Waals surface area contributed by atoms with Crippen molar-refractivity contribution in [2.75, 3.05) is 0 Å². The van der Waals surface area contributed by atoms with Gasteiger partial charge in [-0.3, -0.25) is 4.79 Å². The fourth-order valence-corrected chi connectivity index (χ4v) is 3.64. The van der Waals surface area contributed by atoms with E-state index in [9.17, 15) is 9.59 Å². The molecule has 29 heavy (non-hydrogen) atoms. The Morgan fingerprint density at radius 3 is 2.34 bits per heavy atom. The normalized spacial score (nSPS) is 17.8. The summed E-state index contributed by atoms with van der Waals surface area (Å²) < 4.78 is 11.8. The quantitative estimate of drug-likeness (QED) is 0.591. The second kappa shape index (κ2) is 7.48. The van der Waals surface area contributed by atoms with Crippen LogP contribution < -0.4 is 0 Å². The van der Waals surface area contributed by atoms with Crippen LogP contribution in [-0.2, 0) is 14.3 Å². The number of rotatable bonds is 3. The van der Waals surface area contributed by atoms with E-state index in [0.717, 1.165) is 16.7 Å². The lowest BCUT2D eigenvalue weighted by Crippen LogP contribution is -2.24. The van der Waals surface area contributed by atoms with Gasteiger partial charge in [-0.25, -0.2) is 4.79 Å². The van der Waals surface area contributed by atoms with Crippen LogP contribution in [0, 0.1) is 12.3 Å². The highest BCUT2D eigenvalue weighted by Gasteiger charge is 2.40. The van der Waals surface area contributed by atoms with Gasteiger partial charge in [0.2, 0.25) is 0 Å². The van der Waals surface area contributed by atoms with Gasteiger partial charge in [0, 0.05) is 16.5 Å². The highest BCUT2D eigenvalue weighted by Crippen LogP contribution is 2.42. The summed E-state index contributed by atoms with van der Waals surface area (Å²) in [5.74, 6) is -0.115. The van der Waals surface area contributed by atoms with Gasteiger partial charge in [0.1, 0.15) is 17.1 Å². The SMILES string of the molecule is Cc1ccc(/C(=C2/CC(C)(C)C(=O)O2)c2[nH]c(C(=O)OC(C)(C)C)cc2Br)cc1. The predicted molar refractivity (Wildman–Crippen MR) is 115 cm³/mol. The second-order valence-electron chi connectivity index (χ2n) is 9.02. The molecule has 2 heterocycles. The van der Waals surface area contributed by atoms with E-state index < -0.39 is 17.0 Å². The monoisotopic (exact) mass is 459 g/mol. The molecule has 0 amide bonds. The van der Waals surface area contributed by atoms with Crippen molar-refractivity contribution in [3.8, 4) is 0 Å². The highest BCUT2D eigenvalue weighted by molar-refractivity contribution is 9.10. The van der Waals surface area contributed by atoms with Gasteiger partial charge in [-0.1, -0.05) is 29.8 Å². The number of ether oxygens (including phenoxy) is 2. The number of aryl methyl sites for hydroxylation is 1. The maximum atomic E-state index is 12.5. The van der Waals surface area contributed by atoms with Crippen LogP contribution in [0.2, 0.25) is 0 Å². The number of allylic oxidation sites excluding steroid dienone is 1. The smallest absolute Gasteiger partial charge is 0.355 e. The fraction of sp³-hybridized carbons (Fsp3) is 0.391. The van der Waals surface area contributed by atoms with Crippen molar-refractivity contribution in [1.82, 2.24) is 4.98 Å². The number of aromatic nitrogens is 1. The molecule has 5 nitrogen and oxygen atoms in total. The van der Waals surface area contributed by atoms with E-state index >= 15 is 0 Å². The number of hydrogen-bond donors (Lipinski definition) is 1. The summed E-state index contributed by atoms with van der Waals surface area (Å²) in [4.78, 5) is 28.0. The van der Waals surface area contributed by atoms with Crippen LogP contribution in [0.3, 0.4) is 0 Å². The van der Waals surface area contributed by atoms with Crippen LogP contribution in [0.4, 0.5) is 0 Å². The Labute approximate surface area is 179 Å². The van der Waals surface area contributed by atoms with E-state index in [4.69, 9.17) is 9.47 Å². The molecule has 1 aliphatic rings. The van der Waals surface area contributed by atoms with Gasteiger partial charge in [-0.2, -0.15) is 0 Å². The summed E-state index contributed by atoms with van der Waals surface area (Å²) >= 11 is 3.55. The Balaban J connectivity index is 2.13. The molecule has 1 N–H and O–H groups in total. The topological polar surface area (TPSA) is 68.4 Å². The van der Waals surface area contributed by atoms with E-state index in [1.807, 2.05) is 65.8 Å². The molecule has 1 aromatic carbocycles. The highest BCUT2D eigenvalue weighted by atomic mass is 79.9. The van der Waals surface area contributed by atoms with Crippen molar-refractivity contribution in [2.24, 2.45) is 5.41 Å². The summed E-state index contributed by atoms with van der Waals surface area (Å²) in [6.07, 6.45) is 0.474. The number of nitrogens with one attached hydrogen (secondary N) is 1. The average Bonchev–Trinajstić information content (AvgIpc) is 3.08. The molecule has 1 aromatic heterocycles. The summed E-state index contributed by atoms with van der Waals surface area (Å²) in [5.41, 5.74) is 2.59. The number of cyclic esters (lactones) is 1. The van der Waals surface area contributed by atoms with Gasteiger partial charge in [-0.15, -0.1) is 0 Å². The molecule has 0 saturated carbocycles. The third-order valence-electron chi connectivity index (χ3n) is 4.63. The number of aromatic amines is 1. The van der Waals surface area contributed by atoms with Crippen LogP contribution >= 0.6 is 15.9 Å². The standard InChI is InChI=1S/C23H26BrNO4/c1-13-7-9-14(10-8-13)18(17-12-23(5,6)21(27)28-17)19-15(24)11-16(25-19)20(26)29-22(2,3)4/h7-11,25H,12H2,1-6H3/b18-17+. The first-order chi connectivity index (χ1) is 13.4. The van der Waals surface area contributed by atoms with Crippen LogP contribution in [0.25, 0.3) is 5.57 Å². The molecule has 1 aliphatic heterocycles. The zero-order chi connectivity index (χ0) is 21.6. The lowest BCUT2D eigenvalue weighted by atomic mass is 9.89.